The van der Waals surface area contributed by atoms with E-state index in [2.05, 4.69) is 5.32 Å². The molecule has 1 heterocycles. The lowest BCUT2D eigenvalue weighted by Crippen LogP contribution is -2.54. The van der Waals surface area contributed by atoms with Crippen LogP contribution in [0, 0.1) is 20.8 Å². The standard InChI is InChI=1S/C22H23N3O3/c1-13-10-14(2)19(15(3)11-13)25-21(27)18(20(26)23-22(25)28)12-16-6-8-17(9-7-16)24(4)5/h6-12H,1-5H3,(H,23,26,28). The molecule has 0 radical (unpaired) electrons. The zero-order valence-corrected chi connectivity index (χ0v) is 16.7. The van der Waals surface area contributed by atoms with E-state index in [9.17, 15) is 14.4 Å². The predicted molar refractivity (Wildman–Crippen MR) is 110 cm³/mol. The average Bonchev–Trinajstić information content (AvgIpc) is 2.61. The number of rotatable bonds is 3. The van der Waals surface area contributed by atoms with Crippen molar-refractivity contribution in [3.63, 3.8) is 0 Å². The number of hydrogen-bond donors (Lipinski definition) is 1. The normalized spacial score (nSPS) is 15.8. The fraction of sp³-hybridized carbons (Fsp3) is 0.227. The lowest BCUT2D eigenvalue weighted by Gasteiger charge is -2.29. The molecule has 28 heavy (non-hydrogen) atoms. The van der Waals surface area contributed by atoms with E-state index < -0.39 is 17.8 Å². The summed E-state index contributed by atoms with van der Waals surface area (Å²) < 4.78 is 0. The monoisotopic (exact) mass is 377 g/mol. The number of nitrogens with zero attached hydrogens (tertiary/aromatic N) is 2. The summed E-state index contributed by atoms with van der Waals surface area (Å²) in [5.74, 6) is -1.31. The van der Waals surface area contributed by atoms with Crippen LogP contribution in [0.4, 0.5) is 16.2 Å². The highest BCUT2D eigenvalue weighted by molar-refractivity contribution is 6.39. The van der Waals surface area contributed by atoms with E-state index in [0.29, 0.717) is 11.3 Å². The Kier molecular flexibility index (Phi) is 5.05. The first-order valence-electron chi connectivity index (χ1n) is 8.95. The van der Waals surface area contributed by atoms with E-state index >= 15 is 0 Å². The summed E-state index contributed by atoms with van der Waals surface area (Å²) in [6.07, 6.45) is 1.51. The van der Waals surface area contributed by atoms with Crippen molar-refractivity contribution < 1.29 is 14.4 Å². The summed E-state index contributed by atoms with van der Waals surface area (Å²) in [6.45, 7) is 5.64. The lowest BCUT2D eigenvalue weighted by molar-refractivity contribution is -0.122. The minimum atomic E-state index is -0.731. The summed E-state index contributed by atoms with van der Waals surface area (Å²) in [6, 6.07) is 10.5. The van der Waals surface area contributed by atoms with Gasteiger partial charge in [0.1, 0.15) is 5.57 Å². The number of urea groups is 1. The molecule has 0 spiro atoms. The van der Waals surface area contributed by atoms with Crippen molar-refractivity contribution in [2.24, 2.45) is 0 Å². The van der Waals surface area contributed by atoms with Gasteiger partial charge in [0.05, 0.1) is 5.69 Å². The smallest absolute Gasteiger partial charge is 0.335 e. The summed E-state index contributed by atoms with van der Waals surface area (Å²) in [7, 11) is 3.86. The van der Waals surface area contributed by atoms with Gasteiger partial charge in [0.15, 0.2) is 0 Å². The first-order chi connectivity index (χ1) is 13.2. The Hall–Kier alpha value is -3.41. The highest BCUT2D eigenvalue weighted by Crippen LogP contribution is 2.29. The Balaban J connectivity index is 2.03. The van der Waals surface area contributed by atoms with Gasteiger partial charge < -0.3 is 4.90 Å². The maximum absolute atomic E-state index is 13.1. The number of anilines is 2. The van der Waals surface area contributed by atoms with Crippen LogP contribution in [0.15, 0.2) is 42.0 Å². The molecule has 1 aliphatic rings. The molecule has 1 N–H and O–H groups in total. The van der Waals surface area contributed by atoms with Gasteiger partial charge in [-0.1, -0.05) is 29.8 Å². The Morgan fingerprint density at radius 1 is 0.929 bits per heavy atom. The molecule has 6 nitrogen and oxygen atoms in total. The maximum atomic E-state index is 13.1. The maximum Gasteiger partial charge on any atom is 0.335 e. The highest BCUT2D eigenvalue weighted by Gasteiger charge is 2.38. The fourth-order valence-corrected chi connectivity index (χ4v) is 3.42. The third-order valence-corrected chi connectivity index (χ3v) is 4.68. The predicted octanol–water partition coefficient (Wildman–Crippen LogP) is 3.34. The number of nitrogens with one attached hydrogen (secondary N) is 1. The quantitative estimate of drug-likeness (QED) is 0.658. The SMILES string of the molecule is Cc1cc(C)c(N2C(=O)NC(=O)C(=Cc3ccc(N(C)C)cc3)C2=O)c(C)c1. The molecule has 6 heteroatoms. The summed E-state index contributed by atoms with van der Waals surface area (Å²) >= 11 is 0. The molecule has 0 saturated carbocycles. The van der Waals surface area contributed by atoms with Crippen LogP contribution in [-0.2, 0) is 9.59 Å². The van der Waals surface area contributed by atoms with Gasteiger partial charge >= 0.3 is 6.03 Å². The van der Waals surface area contributed by atoms with Gasteiger partial charge in [-0.15, -0.1) is 0 Å². The Labute approximate surface area is 164 Å². The molecule has 1 fully saturated rings. The van der Waals surface area contributed by atoms with Crippen LogP contribution >= 0.6 is 0 Å². The lowest BCUT2D eigenvalue weighted by atomic mass is 10.0. The molecule has 1 aliphatic heterocycles. The zero-order valence-electron chi connectivity index (χ0n) is 16.7. The third-order valence-electron chi connectivity index (χ3n) is 4.68. The van der Waals surface area contributed by atoms with Crippen LogP contribution in [0.5, 0.6) is 0 Å². The van der Waals surface area contributed by atoms with Gasteiger partial charge in [-0.2, -0.15) is 0 Å². The van der Waals surface area contributed by atoms with Gasteiger partial charge in [-0.3, -0.25) is 14.9 Å². The van der Waals surface area contributed by atoms with Crippen LogP contribution in [0.25, 0.3) is 6.08 Å². The first kappa shape index (κ1) is 19.4. The number of carbonyl (C=O) groups is 3. The van der Waals surface area contributed by atoms with Crippen LogP contribution < -0.4 is 15.1 Å². The number of barbiturate groups is 1. The molecule has 1 saturated heterocycles. The second-order valence-electron chi connectivity index (χ2n) is 7.19. The van der Waals surface area contributed by atoms with Gasteiger partial charge in [0.2, 0.25) is 0 Å². The van der Waals surface area contributed by atoms with E-state index in [-0.39, 0.29) is 5.57 Å². The second-order valence-corrected chi connectivity index (χ2v) is 7.19. The number of amides is 4. The molecule has 2 aromatic rings. The minimum Gasteiger partial charge on any atom is -0.378 e. The molecule has 0 aromatic heterocycles. The van der Waals surface area contributed by atoms with E-state index in [1.54, 1.807) is 0 Å². The zero-order chi connectivity index (χ0) is 20.6. The number of imide groups is 2. The van der Waals surface area contributed by atoms with Crippen molar-refractivity contribution in [1.29, 1.82) is 0 Å². The number of benzene rings is 2. The van der Waals surface area contributed by atoms with E-state index in [1.165, 1.54) is 6.08 Å². The van der Waals surface area contributed by atoms with Crippen LogP contribution in [0.1, 0.15) is 22.3 Å². The largest absolute Gasteiger partial charge is 0.378 e. The Bertz CT molecular complexity index is 981. The van der Waals surface area contributed by atoms with Gasteiger partial charge in [0.25, 0.3) is 11.8 Å². The van der Waals surface area contributed by atoms with Crippen molar-refractivity contribution in [3.05, 3.63) is 64.2 Å². The highest BCUT2D eigenvalue weighted by atomic mass is 16.2. The van der Waals surface area contributed by atoms with E-state index in [4.69, 9.17) is 0 Å². The molecule has 4 amide bonds. The van der Waals surface area contributed by atoms with Gasteiger partial charge in [-0.05, 0) is 55.7 Å². The fourth-order valence-electron chi connectivity index (χ4n) is 3.42. The van der Waals surface area contributed by atoms with Crippen LogP contribution in [0.2, 0.25) is 0 Å². The molecule has 0 bridgehead atoms. The third kappa shape index (κ3) is 3.53. The Morgan fingerprint density at radius 3 is 2.04 bits per heavy atom. The molecular formula is C22H23N3O3. The van der Waals surface area contributed by atoms with Gasteiger partial charge in [-0.25, -0.2) is 9.69 Å². The molecular weight excluding hydrogens is 354 g/mol. The average molecular weight is 377 g/mol. The molecule has 0 atom stereocenters. The molecule has 3 rings (SSSR count). The van der Waals surface area contributed by atoms with Crippen LogP contribution in [-0.4, -0.2) is 31.9 Å². The molecule has 0 aliphatic carbocycles. The summed E-state index contributed by atoms with van der Waals surface area (Å²) in [4.78, 5) is 40.9. The number of carbonyl (C=O) groups excluding carboxylic acids is 3. The van der Waals surface area contributed by atoms with Crippen molar-refractivity contribution in [2.45, 2.75) is 20.8 Å². The van der Waals surface area contributed by atoms with Crippen molar-refractivity contribution in [1.82, 2.24) is 5.32 Å². The Morgan fingerprint density at radius 2 is 1.50 bits per heavy atom. The molecule has 0 unspecified atom stereocenters. The summed E-state index contributed by atoms with van der Waals surface area (Å²) in [5, 5.41) is 2.28. The van der Waals surface area contributed by atoms with Crippen molar-refractivity contribution in [2.75, 3.05) is 23.9 Å². The topological polar surface area (TPSA) is 69.7 Å². The van der Waals surface area contributed by atoms with Crippen molar-refractivity contribution >= 4 is 35.3 Å². The van der Waals surface area contributed by atoms with E-state index in [0.717, 1.165) is 27.3 Å². The number of aryl methyl sites for hydroxylation is 3. The van der Waals surface area contributed by atoms with E-state index in [1.807, 2.05) is 76.2 Å². The van der Waals surface area contributed by atoms with Crippen LogP contribution in [0.3, 0.4) is 0 Å². The van der Waals surface area contributed by atoms with Gasteiger partial charge in [0, 0.05) is 19.8 Å². The second kappa shape index (κ2) is 7.31. The summed E-state index contributed by atoms with van der Waals surface area (Å²) in [5.41, 5.74) is 4.78. The first-order valence-corrected chi connectivity index (χ1v) is 8.95. The minimum absolute atomic E-state index is 0.0726. The molecule has 2 aromatic carbocycles. The number of hydrogen-bond acceptors (Lipinski definition) is 4. The molecule has 144 valence electrons. The van der Waals surface area contributed by atoms with Crippen molar-refractivity contribution in [3.8, 4) is 0 Å².